The summed E-state index contributed by atoms with van der Waals surface area (Å²) < 4.78 is 0. The Bertz CT molecular complexity index is 66.1. The molecule has 0 unspecified atom stereocenters. The fourth-order valence-corrected chi connectivity index (χ4v) is 0. The van der Waals surface area contributed by atoms with E-state index in [-0.39, 0.29) is 63.0 Å². The molecule has 1 nitrogen and oxygen atoms in total. The Labute approximate surface area is 102 Å². The molecule has 1 radical (unpaired) electrons. The Morgan fingerprint density at radius 3 is 1.18 bits per heavy atom. The molecule has 0 rings (SSSR count). The maximum Gasteiger partial charge on any atom is 3.00 e. The first-order valence-corrected chi connectivity index (χ1v) is 2.69. The number of halogens is 2. The van der Waals surface area contributed by atoms with E-state index in [0.717, 1.165) is 0 Å². The molecule has 1 N–H and O–H groups in total. The molecule has 0 aromatic rings. The van der Waals surface area contributed by atoms with Crippen LogP contribution in [0.4, 0.5) is 0 Å². The van der Waals surface area contributed by atoms with Crippen molar-refractivity contribution in [2.24, 2.45) is 5.92 Å². The van der Waals surface area contributed by atoms with Crippen LogP contribution in [-0.4, -0.2) is 16.5 Å². The average Bonchev–Trinajstić information content (AvgIpc) is 1.31. The zero-order valence-electron chi connectivity index (χ0n) is 6.83. The van der Waals surface area contributed by atoms with Gasteiger partial charge >= 0.3 is 21.7 Å². The maximum atomic E-state index is 7.39. The molecule has 0 heterocycles. The summed E-state index contributed by atoms with van der Waals surface area (Å²) in [7, 11) is 0. The van der Waals surface area contributed by atoms with Crippen molar-refractivity contribution in [1.82, 2.24) is 0 Å². The zero-order valence-corrected chi connectivity index (χ0v) is 9.91. The number of hydrogen-bond acceptors (Lipinski definition) is 0. The molecule has 0 aliphatic heterocycles. The minimum absolute atomic E-state index is 0. The molecule has 0 atom stereocenters. The van der Waals surface area contributed by atoms with Crippen LogP contribution in [0.15, 0.2) is 0 Å². The van der Waals surface area contributed by atoms with Crippen LogP contribution < -0.4 is 24.8 Å². The van der Waals surface area contributed by atoms with E-state index in [9.17, 15) is 0 Å². The topological polar surface area (TPSA) is 23.8 Å². The summed E-state index contributed by atoms with van der Waals surface area (Å²) in [5.41, 5.74) is 7.14. The van der Waals surface area contributed by atoms with E-state index in [1.54, 1.807) is 0 Å². The van der Waals surface area contributed by atoms with Crippen molar-refractivity contribution in [3.8, 4) is 0 Å². The molecule has 0 saturated carbocycles. The van der Waals surface area contributed by atoms with Crippen LogP contribution in [0, 0.1) is 5.92 Å². The summed E-state index contributed by atoms with van der Waals surface area (Å²) in [5, 5.41) is 0. The van der Waals surface area contributed by atoms with Gasteiger partial charge in [0.1, 0.15) is 0 Å². The summed E-state index contributed by atoms with van der Waals surface area (Å²) in [6.07, 6.45) is 0. The van der Waals surface area contributed by atoms with Crippen LogP contribution in [0.2, 0.25) is 0 Å². The average molecular weight is 251 g/mol. The Morgan fingerprint density at radius 2 is 1.18 bits per heavy atom. The van der Waals surface area contributed by atoms with Crippen molar-refractivity contribution < 1.29 is 46.5 Å². The second-order valence-corrected chi connectivity index (χ2v) is 2.88. The Morgan fingerprint density at radius 1 is 1.09 bits per heavy atom. The van der Waals surface area contributed by atoms with E-state index in [1.165, 1.54) is 0 Å². The number of hydrogen-bond donors (Lipinski definition) is 0. The van der Waals surface area contributed by atoms with Crippen molar-refractivity contribution in [2.45, 2.75) is 33.2 Å². The Kier molecular flexibility index (Phi) is 30.7. The molecule has 0 aromatic carbocycles. The molecule has 5 heteroatoms. The first-order chi connectivity index (χ1) is 2.94. The third-order valence-electron chi connectivity index (χ3n) is 1.44. The van der Waals surface area contributed by atoms with Gasteiger partial charge in [-0.05, 0) is 11.0 Å². The molecular formula is C6H18Cl2NSiTi. The van der Waals surface area contributed by atoms with Gasteiger partial charge in [0.15, 0.2) is 0 Å². The summed E-state index contributed by atoms with van der Waals surface area (Å²) in [4.78, 5) is 0. The van der Waals surface area contributed by atoms with E-state index in [0.29, 0.717) is 5.92 Å². The predicted octanol–water partition coefficient (Wildman–Crippen LogP) is -4.97. The van der Waals surface area contributed by atoms with Crippen molar-refractivity contribution in [3.63, 3.8) is 0 Å². The fourth-order valence-electron chi connectivity index (χ4n) is 0. The van der Waals surface area contributed by atoms with E-state index in [4.69, 9.17) is 5.73 Å². The molecule has 11 heavy (non-hydrogen) atoms. The van der Waals surface area contributed by atoms with Crippen LogP contribution in [0.5, 0.6) is 0 Å². The Hall–Kier alpha value is 1.47. The van der Waals surface area contributed by atoms with Crippen molar-refractivity contribution in [2.75, 3.05) is 0 Å². The molecule has 0 aliphatic carbocycles. The second kappa shape index (κ2) is 11.5. The van der Waals surface area contributed by atoms with E-state index < -0.39 is 0 Å². The van der Waals surface area contributed by atoms with Crippen LogP contribution >= 0.6 is 0 Å². The molecule has 69 valence electrons. The van der Waals surface area contributed by atoms with Crippen molar-refractivity contribution >= 4 is 11.0 Å². The standard InChI is InChI=1S/C6H14N.2ClH.H4Si.Ti/c1-5(2)6(3,4)7;;;;/h5,7H,1-4H3;2*1H;1H4;/q-1;;;;+3/p-2. The van der Waals surface area contributed by atoms with Gasteiger partial charge in [-0.1, -0.05) is 33.6 Å². The molecule has 0 fully saturated rings. The molecule has 0 amide bonds. The van der Waals surface area contributed by atoms with Crippen molar-refractivity contribution in [3.05, 3.63) is 5.73 Å². The maximum absolute atomic E-state index is 7.39. The SMILES string of the molecule is CC(C)C(C)(C)[NH-].[Cl-].[Cl-].[SiH4].[Ti+3]. The van der Waals surface area contributed by atoms with Gasteiger partial charge in [0.2, 0.25) is 0 Å². The van der Waals surface area contributed by atoms with E-state index in [1.807, 2.05) is 13.8 Å². The quantitative estimate of drug-likeness (QED) is 0.417. The van der Waals surface area contributed by atoms with Crippen LogP contribution in [0.1, 0.15) is 27.7 Å². The van der Waals surface area contributed by atoms with Gasteiger partial charge in [-0.15, -0.1) is 5.54 Å². The molecular weight excluding hydrogens is 233 g/mol. The molecule has 0 aromatic heterocycles. The fraction of sp³-hybridized carbons (Fsp3) is 1.00. The largest absolute Gasteiger partial charge is 3.00 e. The van der Waals surface area contributed by atoms with E-state index >= 15 is 0 Å². The van der Waals surface area contributed by atoms with Gasteiger partial charge in [0.05, 0.1) is 0 Å². The van der Waals surface area contributed by atoms with Crippen LogP contribution in [-0.2, 0) is 21.7 Å². The molecule has 0 spiro atoms. The van der Waals surface area contributed by atoms with Crippen LogP contribution in [0.3, 0.4) is 0 Å². The number of rotatable bonds is 1. The van der Waals surface area contributed by atoms with E-state index in [2.05, 4.69) is 13.8 Å². The minimum Gasteiger partial charge on any atom is -1.00 e. The summed E-state index contributed by atoms with van der Waals surface area (Å²) in [6, 6.07) is 0. The molecule has 0 bridgehead atoms. The molecule has 0 saturated heterocycles. The van der Waals surface area contributed by atoms with Crippen molar-refractivity contribution in [1.29, 1.82) is 0 Å². The Balaban J connectivity index is -0.0000000300. The normalized spacial score (nSPS) is 8.18. The first-order valence-electron chi connectivity index (χ1n) is 2.69. The second-order valence-electron chi connectivity index (χ2n) is 2.88. The monoisotopic (exact) mass is 250 g/mol. The summed E-state index contributed by atoms with van der Waals surface area (Å²) in [6.45, 7) is 7.98. The van der Waals surface area contributed by atoms with Gasteiger partial charge in [-0.2, -0.15) is 0 Å². The number of nitrogens with one attached hydrogen (secondary N) is 1. The summed E-state index contributed by atoms with van der Waals surface area (Å²) >= 11 is 0. The van der Waals surface area contributed by atoms with Gasteiger partial charge in [0, 0.05) is 0 Å². The smallest absolute Gasteiger partial charge is 1.00 e. The predicted molar refractivity (Wildman–Crippen MR) is 44.6 cm³/mol. The molecule has 0 aliphatic rings. The zero-order chi connectivity index (χ0) is 6.08. The minimum atomic E-state index is -0.250. The summed E-state index contributed by atoms with van der Waals surface area (Å²) in [5.74, 6) is 0.465. The van der Waals surface area contributed by atoms with Gasteiger partial charge in [-0.25, -0.2) is 0 Å². The van der Waals surface area contributed by atoms with Gasteiger partial charge in [0.25, 0.3) is 0 Å². The van der Waals surface area contributed by atoms with Crippen LogP contribution in [0.25, 0.3) is 5.73 Å². The first kappa shape index (κ1) is 29.4. The van der Waals surface area contributed by atoms with Gasteiger partial charge in [-0.3, -0.25) is 0 Å². The third kappa shape index (κ3) is 18.4. The van der Waals surface area contributed by atoms with Gasteiger partial charge < -0.3 is 30.5 Å². The third-order valence-corrected chi connectivity index (χ3v) is 1.44.